The van der Waals surface area contributed by atoms with Crippen LogP contribution < -0.4 is 10.5 Å². The molecule has 0 spiro atoms. The third kappa shape index (κ3) is 3.99. The Kier molecular flexibility index (Phi) is 5.44. The van der Waals surface area contributed by atoms with Gasteiger partial charge >= 0.3 is 0 Å². The second-order valence-corrected chi connectivity index (χ2v) is 5.44. The van der Waals surface area contributed by atoms with Crippen LogP contribution in [-0.2, 0) is 0 Å². The molecule has 2 N–H and O–H groups in total. The van der Waals surface area contributed by atoms with Gasteiger partial charge < -0.3 is 10.5 Å². The Balaban J connectivity index is 2.01. The summed E-state index contributed by atoms with van der Waals surface area (Å²) in [5.41, 5.74) is 7.23. The van der Waals surface area contributed by atoms with E-state index in [-0.39, 0.29) is 11.9 Å². The average Bonchev–Trinajstić information content (AvgIpc) is 2.47. The molecule has 0 fully saturated rings. The summed E-state index contributed by atoms with van der Waals surface area (Å²) in [4.78, 5) is 1.01. The molecule has 2 aromatic rings. The molecule has 0 aliphatic heterocycles. The lowest BCUT2D eigenvalue weighted by atomic mass is 10.1. The fraction of sp³-hybridized carbons (Fsp3) is 0.250. The normalized spacial score (nSPS) is 12.2. The average molecular weight is 291 g/mol. The van der Waals surface area contributed by atoms with Gasteiger partial charge in [-0.3, -0.25) is 0 Å². The van der Waals surface area contributed by atoms with E-state index in [0.29, 0.717) is 6.61 Å². The molecule has 1 atom stereocenters. The molecule has 0 aromatic heterocycles. The van der Waals surface area contributed by atoms with E-state index >= 15 is 0 Å². The van der Waals surface area contributed by atoms with Gasteiger partial charge in [-0.25, -0.2) is 4.39 Å². The van der Waals surface area contributed by atoms with Gasteiger partial charge in [0, 0.05) is 22.3 Å². The molecule has 0 radical (unpaired) electrons. The summed E-state index contributed by atoms with van der Waals surface area (Å²) < 4.78 is 18.4. The van der Waals surface area contributed by atoms with Crippen LogP contribution >= 0.6 is 11.8 Å². The summed E-state index contributed by atoms with van der Waals surface area (Å²) in [6.07, 6.45) is 0. The van der Waals surface area contributed by atoms with E-state index in [1.54, 1.807) is 23.9 Å². The molecule has 0 saturated heterocycles. The summed E-state index contributed by atoms with van der Waals surface area (Å²) in [5.74, 6) is 1.33. The molecule has 20 heavy (non-hydrogen) atoms. The number of nitrogens with two attached hydrogens (primary N) is 1. The van der Waals surface area contributed by atoms with Gasteiger partial charge in [-0.15, -0.1) is 11.8 Å². The minimum atomic E-state index is -0.222. The fourth-order valence-corrected chi connectivity index (χ4v) is 2.76. The largest absolute Gasteiger partial charge is 0.494 e. The molecule has 1 unspecified atom stereocenters. The lowest BCUT2D eigenvalue weighted by Crippen LogP contribution is -2.14. The second kappa shape index (κ2) is 7.31. The van der Waals surface area contributed by atoms with E-state index in [2.05, 4.69) is 0 Å². The summed E-state index contributed by atoms with van der Waals surface area (Å²) in [5, 5.41) is 0. The molecule has 0 aliphatic carbocycles. The van der Waals surface area contributed by atoms with Gasteiger partial charge in [0.25, 0.3) is 0 Å². The Morgan fingerprint density at radius 2 is 1.85 bits per heavy atom. The molecule has 2 aromatic carbocycles. The molecule has 0 aliphatic rings. The zero-order valence-electron chi connectivity index (χ0n) is 11.4. The van der Waals surface area contributed by atoms with E-state index < -0.39 is 0 Å². The van der Waals surface area contributed by atoms with E-state index in [1.807, 2.05) is 31.2 Å². The fourth-order valence-electron chi connectivity index (χ4n) is 1.88. The lowest BCUT2D eigenvalue weighted by Gasteiger charge is -2.16. The number of ether oxygens (including phenoxy) is 1. The summed E-state index contributed by atoms with van der Waals surface area (Å²) in [7, 11) is 0. The van der Waals surface area contributed by atoms with Crippen molar-refractivity contribution in [1.82, 2.24) is 0 Å². The van der Waals surface area contributed by atoms with Crippen LogP contribution in [0.2, 0.25) is 0 Å². The topological polar surface area (TPSA) is 35.2 Å². The van der Waals surface area contributed by atoms with Crippen LogP contribution in [0.15, 0.2) is 53.4 Å². The maximum atomic E-state index is 12.8. The predicted octanol–water partition coefficient (Wildman–Crippen LogP) is 4.02. The Hall–Kier alpha value is -1.52. The monoisotopic (exact) mass is 291 g/mol. The number of hydrogen-bond acceptors (Lipinski definition) is 3. The first-order chi connectivity index (χ1) is 9.70. The first-order valence-electron chi connectivity index (χ1n) is 6.56. The highest BCUT2D eigenvalue weighted by atomic mass is 32.2. The second-order valence-electron chi connectivity index (χ2n) is 4.34. The molecule has 2 nitrogen and oxygen atoms in total. The summed E-state index contributed by atoms with van der Waals surface area (Å²) in [6, 6.07) is 14.1. The zero-order valence-corrected chi connectivity index (χ0v) is 12.2. The molecule has 0 saturated carbocycles. The van der Waals surface area contributed by atoms with Crippen molar-refractivity contribution < 1.29 is 9.13 Å². The van der Waals surface area contributed by atoms with Gasteiger partial charge in [-0.2, -0.15) is 0 Å². The smallest absolute Gasteiger partial charge is 0.124 e. The van der Waals surface area contributed by atoms with Crippen molar-refractivity contribution in [1.29, 1.82) is 0 Å². The molecule has 106 valence electrons. The zero-order chi connectivity index (χ0) is 14.4. The van der Waals surface area contributed by atoms with Crippen LogP contribution in [0.5, 0.6) is 5.75 Å². The number of para-hydroxylation sites is 1. The van der Waals surface area contributed by atoms with Crippen molar-refractivity contribution in [2.75, 3.05) is 12.4 Å². The number of hydrogen-bond donors (Lipinski definition) is 1. The van der Waals surface area contributed by atoms with Crippen molar-refractivity contribution in [2.45, 2.75) is 17.9 Å². The molecule has 0 heterocycles. The van der Waals surface area contributed by atoms with Gasteiger partial charge in [0.1, 0.15) is 11.6 Å². The minimum Gasteiger partial charge on any atom is -0.494 e. The van der Waals surface area contributed by atoms with Gasteiger partial charge in [-0.05, 0) is 37.3 Å². The number of thioether (sulfide) groups is 1. The minimum absolute atomic E-state index is 0.118. The van der Waals surface area contributed by atoms with Crippen molar-refractivity contribution >= 4 is 11.8 Å². The Morgan fingerprint density at radius 3 is 2.55 bits per heavy atom. The van der Waals surface area contributed by atoms with E-state index in [4.69, 9.17) is 10.5 Å². The van der Waals surface area contributed by atoms with Crippen LogP contribution in [0.1, 0.15) is 18.5 Å². The maximum Gasteiger partial charge on any atom is 0.124 e. The molecule has 2 rings (SSSR count). The quantitative estimate of drug-likeness (QED) is 0.817. The summed E-state index contributed by atoms with van der Waals surface area (Å²) in [6.45, 7) is 2.57. The highest BCUT2D eigenvalue weighted by Gasteiger charge is 2.12. The van der Waals surface area contributed by atoms with Crippen LogP contribution in [0, 0.1) is 5.82 Å². The SMILES string of the molecule is CCOc1ccccc1C(N)CSc1ccc(F)cc1. The summed E-state index contributed by atoms with van der Waals surface area (Å²) >= 11 is 1.61. The standard InChI is InChI=1S/C16H18FNOS/c1-2-19-16-6-4-3-5-14(16)15(18)11-20-13-9-7-12(17)8-10-13/h3-10,15H,2,11,18H2,1H3. The Morgan fingerprint density at radius 1 is 1.15 bits per heavy atom. The highest BCUT2D eigenvalue weighted by molar-refractivity contribution is 7.99. The highest BCUT2D eigenvalue weighted by Crippen LogP contribution is 2.28. The molecule has 0 amide bonds. The molecule has 0 bridgehead atoms. The molecular weight excluding hydrogens is 273 g/mol. The van der Waals surface area contributed by atoms with Crippen LogP contribution in [0.3, 0.4) is 0 Å². The van der Waals surface area contributed by atoms with Crippen molar-refractivity contribution in [3.8, 4) is 5.75 Å². The van der Waals surface area contributed by atoms with Gasteiger partial charge in [0.15, 0.2) is 0 Å². The van der Waals surface area contributed by atoms with Crippen LogP contribution in [0.25, 0.3) is 0 Å². The molecular formula is C16H18FNOS. The molecule has 4 heteroatoms. The van der Waals surface area contributed by atoms with Crippen molar-refractivity contribution in [2.24, 2.45) is 5.73 Å². The third-order valence-corrected chi connectivity index (χ3v) is 3.99. The van der Waals surface area contributed by atoms with Gasteiger partial charge in [-0.1, -0.05) is 18.2 Å². The van der Waals surface area contributed by atoms with Crippen LogP contribution in [0.4, 0.5) is 4.39 Å². The van der Waals surface area contributed by atoms with Crippen LogP contribution in [-0.4, -0.2) is 12.4 Å². The predicted molar refractivity (Wildman–Crippen MR) is 81.7 cm³/mol. The third-order valence-electron chi connectivity index (χ3n) is 2.86. The van der Waals surface area contributed by atoms with E-state index in [1.165, 1.54) is 12.1 Å². The van der Waals surface area contributed by atoms with E-state index in [9.17, 15) is 4.39 Å². The first kappa shape index (κ1) is 14.9. The number of halogens is 1. The Labute approximate surface area is 123 Å². The van der Waals surface area contributed by atoms with Gasteiger partial charge in [0.2, 0.25) is 0 Å². The first-order valence-corrected chi connectivity index (χ1v) is 7.55. The van der Waals surface area contributed by atoms with Crippen molar-refractivity contribution in [3.05, 3.63) is 59.9 Å². The Bertz CT molecular complexity index is 544. The van der Waals surface area contributed by atoms with Crippen molar-refractivity contribution in [3.63, 3.8) is 0 Å². The van der Waals surface area contributed by atoms with E-state index in [0.717, 1.165) is 22.0 Å². The lowest BCUT2D eigenvalue weighted by molar-refractivity contribution is 0.335. The van der Waals surface area contributed by atoms with Gasteiger partial charge in [0.05, 0.1) is 6.61 Å². The maximum absolute atomic E-state index is 12.8. The number of benzene rings is 2. The number of rotatable bonds is 6.